The maximum Gasteiger partial charge on any atom is 0.331 e. The summed E-state index contributed by atoms with van der Waals surface area (Å²) in [7, 11) is 1.18. The average Bonchev–Trinajstić information content (AvgIpc) is 2.52. The predicted molar refractivity (Wildman–Crippen MR) is 286 cm³/mol. The maximum absolute atomic E-state index is 15.1. The van der Waals surface area contributed by atoms with Crippen LogP contribution in [0.4, 0.5) is 0 Å². The van der Waals surface area contributed by atoms with E-state index in [2.05, 4.69) is 0 Å². The summed E-state index contributed by atoms with van der Waals surface area (Å²) >= 11 is 0. The highest BCUT2D eigenvalue weighted by Crippen LogP contribution is 2.48. The number of hydrogen-bond acceptors (Lipinski definition) is 25. The van der Waals surface area contributed by atoms with Gasteiger partial charge in [-0.1, -0.05) is 18.2 Å². The van der Waals surface area contributed by atoms with E-state index < -0.39 is 182 Å². The summed E-state index contributed by atoms with van der Waals surface area (Å²) in [5.74, 6) is -4.84. The van der Waals surface area contributed by atoms with Crippen molar-refractivity contribution in [2.75, 3.05) is 7.11 Å². The number of carbonyl (C=O) groups is 3. The van der Waals surface area contributed by atoms with E-state index in [0.717, 1.165) is 0 Å². The Morgan fingerprint density at radius 3 is 1.72 bits per heavy atom. The molecule has 5 heterocycles. The number of benzene rings is 2. The van der Waals surface area contributed by atoms with Crippen molar-refractivity contribution >= 4 is 28.3 Å². The lowest BCUT2D eigenvalue weighted by Gasteiger charge is -2.46. The molecule has 5 fully saturated rings. The number of hydrogen-bond donors (Lipinski definition) is 10. The van der Waals surface area contributed by atoms with Crippen LogP contribution in [0.25, 0.3) is 10.8 Å². The number of phenolic OH excluding ortho intramolecular Hbond substituents is 2. The molecule has 0 saturated carbocycles. The Morgan fingerprint density at radius 2 is 1.19 bits per heavy atom. The zero-order valence-corrected chi connectivity index (χ0v) is 48.2. The summed E-state index contributed by atoms with van der Waals surface area (Å²) < 4.78 is 72.6. The van der Waals surface area contributed by atoms with Gasteiger partial charge < -0.3 is 108 Å². The van der Waals surface area contributed by atoms with E-state index in [0.29, 0.717) is 0 Å². The van der Waals surface area contributed by atoms with E-state index in [9.17, 15) is 60.7 Å². The van der Waals surface area contributed by atoms with Gasteiger partial charge in [-0.15, -0.1) is 0 Å². The molecule has 6 aliphatic rings. The Morgan fingerprint density at radius 1 is 0.699 bits per heavy atom. The monoisotopic (exact) mass is 1180 g/mol. The zero-order chi connectivity index (χ0) is 60.7. The first-order valence-corrected chi connectivity index (χ1v) is 28.3. The molecule has 10 N–H and O–H groups in total. The Kier molecular flexibility index (Phi) is 20.8. The molecule has 25 nitrogen and oxygen atoms in total. The van der Waals surface area contributed by atoms with Crippen LogP contribution in [0.1, 0.15) is 109 Å². The Labute approximate surface area is 480 Å². The van der Waals surface area contributed by atoms with Gasteiger partial charge in [0.2, 0.25) is 6.29 Å². The van der Waals surface area contributed by atoms with Gasteiger partial charge in [-0.3, -0.25) is 9.59 Å². The first-order valence-electron chi connectivity index (χ1n) is 28.3. The lowest BCUT2D eigenvalue weighted by Crippen LogP contribution is -2.58. The number of Topliss-reactive ketones (excluding diaryl/α,β-unsaturated/α-hetero) is 2. The second-order valence-electron chi connectivity index (χ2n) is 23.0. The van der Waals surface area contributed by atoms with Crippen LogP contribution in [-0.2, 0) is 68.1 Å². The Balaban J connectivity index is 1.02. The lowest BCUT2D eigenvalue weighted by molar-refractivity contribution is -0.334. The largest absolute Gasteiger partial charge is 0.507 e. The van der Waals surface area contributed by atoms with Gasteiger partial charge in [0.15, 0.2) is 36.7 Å². The number of rotatable bonds is 18. The molecule has 0 amide bonds. The van der Waals surface area contributed by atoms with Crippen LogP contribution < -0.4 is 4.74 Å². The first kappa shape index (κ1) is 64.7. The topological polar surface area (TPSA) is 364 Å². The summed E-state index contributed by atoms with van der Waals surface area (Å²) in [4.78, 5) is 41.6. The van der Waals surface area contributed by atoms with Crippen LogP contribution in [-0.4, -0.2) is 223 Å². The molecule has 5 saturated heterocycles. The number of methoxy groups -OCH3 is 1. The second kappa shape index (κ2) is 26.7. The van der Waals surface area contributed by atoms with Crippen molar-refractivity contribution < 1.29 is 122 Å². The van der Waals surface area contributed by atoms with Gasteiger partial charge in [0.1, 0.15) is 72.2 Å². The highest BCUT2D eigenvalue weighted by molar-refractivity contribution is 6.11. The molecular weight excluding hydrogens is 1100 g/mol. The SMILES string of the molecule is C/C=C/C=C/C(=O)O[C@@H]1C[C@H](O[C@@H]2C[C@H](Oc3cc4cc5c(c(O)c4c(O)c3C)C(=O)[C@@H](O[C@H]3CC(O[C@H]4C[C@@H](O[C@H]6C[C@](C)(O)[C@H](O)C(C)O6)[C@@H](O)C(C)O4)[C@H](O)C(C)O3)[C@H]([C@H](OC)C(=O)[C@@H](O)[C@@H](C)O)C5)OC(C)[C@H]2O)OC(C)[C@H]1O. The van der Waals surface area contributed by atoms with Crippen molar-refractivity contribution in [3.05, 3.63) is 53.1 Å². The molecular formula is C58H82O25. The molecule has 0 aromatic heterocycles. The van der Waals surface area contributed by atoms with Gasteiger partial charge in [-0.25, -0.2) is 4.79 Å². The van der Waals surface area contributed by atoms with Crippen molar-refractivity contribution in [1.29, 1.82) is 0 Å². The summed E-state index contributed by atoms with van der Waals surface area (Å²) in [6.45, 7) is 13.9. The number of aliphatic hydroxyl groups is 8. The average molecular weight is 1180 g/mol. The Bertz CT molecular complexity index is 2660. The van der Waals surface area contributed by atoms with Gasteiger partial charge in [0.25, 0.3) is 0 Å². The fourth-order valence-electron chi connectivity index (χ4n) is 11.9. The Hall–Kier alpha value is -4.33. The van der Waals surface area contributed by atoms with Gasteiger partial charge in [0.05, 0.1) is 71.5 Å². The number of ketones is 2. The summed E-state index contributed by atoms with van der Waals surface area (Å²) in [5.41, 5.74) is -1.52. The molecule has 25 heteroatoms. The van der Waals surface area contributed by atoms with Crippen LogP contribution in [0.3, 0.4) is 0 Å². The van der Waals surface area contributed by atoms with Gasteiger partial charge in [0, 0.05) is 56.8 Å². The number of ether oxygens (including phenoxy) is 12. The second-order valence-corrected chi connectivity index (χ2v) is 23.0. The van der Waals surface area contributed by atoms with Crippen molar-refractivity contribution in [1.82, 2.24) is 0 Å². The number of esters is 1. The third-order valence-corrected chi connectivity index (χ3v) is 16.7. The van der Waals surface area contributed by atoms with Crippen molar-refractivity contribution in [2.24, 2.45) is 5.92 Å². The zero-order valence-electron chi connectivity index (χ0n) is 48.2. The summed E-state index contributed by atoms with van der Waals surface area (Å²) in [5, 5.41) is 111. The molecule has 0 radical (unpaired) electrons. The van der Waals surface area contributed by atoms with Crippen molar-refractivity contribution in [3.63, 3.8) is 0 Å². The molecule has 83 heavy (non-hydrogen) atoms. The molecule has 1 aliphatic carbocycles. The fourth-order valence-corrected chi connectivity index (χ4v) is 11.9. The molecule has 464 valence electrons. The van der Waals surface area contributed by atoms with E-state index in [4.69, 9.17) is 56.8 Å². The van der Waals surface area contributed by atoms with E-state index in [1.165, 1.54) is 59.1 Å². The minimum absolute atomic E-state index is 0.0624. The van der Waals surface area contributed by atoms with Crippen LogP contribution in [0.5, 0.6) is 17.2 Å². The standard InChI is InChI=1S/C58H82O25/c1-11-12-13-14-38(60)78-34-18-40(74-25(4)48(34)63)80-35-19-39(73-26(5)49(35)64)79-33-17-31-15-30-16-32(55(72-10)54(69)47(62)24(3)59)56(53(68)45(30)52(67)44(31)46(61)23(33)2)83-42-21-36(50(65)28(7)76-42)81-41-20-37(51(66)27(6)75-41)82-43-22-58(9,71)57(70)29(8)77-43/h11-15,17,24-29,32,34-37,39-43,47-51,55-57,59,61-67,70-71H,16,18-22H2,1-10H3/b12-11+,14-13+/t24-,25?,26?,27?,28?,29?,32+,34-,35-,36?,37-,39+,40+,41+,42+,43+,47+,48-,49-,50-,51+,55+,56+,57-,58+/m1/s1. The van der Waals surface area contributed by atoms with Gasteiger partial charge >= 0.3 is 5.97 Å². The smallest absolute Gasteiger partial charge is 0.331 e. The molecule has 0 spiro atoms. The fraction of sp³-hybridized carbons (Fsp3) is 0.707. The molecule has 6 unspecified atom stereocenters. The number of carbonyl (C=O) groups excluding carboxylic acids is 3. The summed E-state index contributed by atoms with van der Waals surface area (Å²) in [6.07, 6.45) is -21.4. The van der Waals surface area contributed by atoms with Crippen LogP contribution in [0, 0.1) is 12.8 Å². The maximum atomic E-state index is 15.1. The molecule has 8 rings (SSSR count). The molecule has 0 bridgehead atoms. The van der Waals surface area contributed by atoms with E-state index in [1.807, 2.05) is 0 Å². The minimum Gasteiger partial charge on any atom is -0.507 e. The van der Waals surface area contributed by atoms with E-state index in [-0.39, 0.29) is 71.7 Å². The normalized spacial score (nSPS) is 40.0. The number of allylic oxidation sites excluding steroid dienone is 3. The van der Waals surface area contributed by atoms with Gasteiger partial charge in [-0.2, -0.15) is 0 Å². The van der Waals surface area contributed by atoms with Gasteiger partial charge in [-0.05, 0) is 91.8 Å². The van der Waals surface area contributed by atoms with Crippen LogP contribution in [0.2, 0.25) is 0 Å². The third-order valence-electron chi connectivity index (χ3n) is 16.7. The molecule has 25 atom stereocenters. The molecule has 2 aromatic rings. The van der Waals surface area contributed by atoms with Crippen molar-refractivity contribution in [2.45, 2.75) is 248 Å². The predicted octanol–water partition coefficient (Wildman–Crippen LogP) is 1.43. The number of aromatic hydroxyl groups is 2. The van der Waals surface area contributed by atoms with Crippen molar-refractivity contribution in [3.8, 4) is 17.2 Å². The minimum atomic E-state index is -1.96. The highest BCUT2D eigenvalue weighted by Gasteiger charge is 2.52. The highest BCUT2D eigenvalue weighted by atomic mass is 16.7. The molecule has 2 aromatic carbocycles. The van der Waals surface area contributed by atoms with Crippen LogP contribution >= 0.6 is 0 Å². The first-order chi connectivity index (χ1) is 39.1. The quantitative estimate of drug-likeness (QED) is 0.0573. The number of phenols is 2. The van der Waals surface area contributed by atoms with Crippen LogP contribution in [0.15, 0.2) is 36.4 Å². The summed E-state index contributed by atoms with van der Waals surface area (Å²) in [6, 6.07) is 3.02. The molecule has 5 aliphatic heterocycles. The number of fused-ring (bicyclic) bond motifs is 2. The van der Waals surface area contributed by atoms with E-state index in [1.54, 1.807) is 46.8 Å². The van der Waals surface area contributed by atoms with E-state index >= 15 is 4.79 Å². The third kappa shape index (κ3) is 14.1. The lowest BCUT2D eigenvalue weighted by atomic mass is 9.75. The number of aliphatic hydroxyl groups excluding tert-OH is 7.